The van der Waals surface area contributed by atoms with Crippen molar-refractivity contribution in [2.24, 2.45) is 5.73 Å². The molecule has 5 rings (SSSR count). The smallest absolute Gasteiger partial charge is 0.244 e. The molecule has 30 heavy (non-hydrogen) atoms. The number of rotatable bonds is 4. The maximum absolute atomic E-state index is 9.85. The Hall–Kier alpha value is -4.12. The molecule has 8 nitrogen and oxygen atoms in total. The molecule has 1 unspecified atom stereocenters. The van der Waals surface area contributed by atoms with Crippen molar-refractivity contribution >= 4 is 0 Å². The summed E-state index contributed by atoms with van der Waals surface area (Å²) in [7, 11) is 0. The van der Waals surface area contributed by atoms with Crippen LogP contribution in [0, 0.1) is 11.3 Å². The molecule has 3 heterocycles. The van der Waals surface area contributed by atoms with Gasteiger partial charge in [0.05, 0.1) is 23.8 Å². The fourth-order valence-electron chi connectivity index (χ4n) is 3.80. The van der Waals surface area contributed by atoms with E-state index in [-0.39, 0.29) is 12.7 Å². The van der Waals surface area contributed by atoms with Gasteiger partial charge in [-0.25, -0.2) is 0 Å². The highest BCUT2D eigenvalue weighted by atomic mass is 16.7. The lowest BCUT2D eigenvalue weighted by atomic mass is 9.83. The fourth-order valence-corrected chi connectivity index (χ4v) is 3.80. The highest BCUT2D eigenvalue weighted by Crippen LogP contribution is 2.47. The summed E-state index contributed by atoms with van der Waals surface area (Å²) in [5, 5.41) is 17.2. The number of H-pyrrole nitrogens is 1. The lowest BCUT2D eigenvalue weighted by Gasteiger charge is -2.24. The van der Waals surface area contributed by atoms with Crippen LogP contribution in [-0.2, 0) is 0 Å². The summed E-state index contributed by atoms with van der Waals surface area (Å²) in [6.45, 7) is 2.66. The molecule has 0 radical (unpaired) electrons. The Morgan fingerprint density at radius 2 is 2.10 bits per heavy atom. The van der Waals surface area contributed by atoms with Crippen LogP contribution in [-0.4, -0.2) is 23.6 Å². The maximum Gasteiger partial charge on any atom is 0.244 e. The molecule has 0 bridgehead atoms. The molecule has 0 aliphatic carbocycles. The van der Waals surface area contributed by atoms with Gasteiger partial charge in [0.25, 0.3) is 0 Å². The number of aromatic amines is 1. The second-order valence-corrected chi connectivity index (χ2v) is 6.82. The fraction of sp³-hybridized carbons (Fsp3) is 0.182. The van der Waals surface area contributed by atoms with Crippen LogP contribution in [0.3, 0.4) is 0 Å². The summed E-state index contributed by atoms with van der Waals surface area (Å²) >= 11 is 0. The van der Waals surface area contributed by atoms with Crippen LogP contribution in [0.4, 0.5) is 0 Å². The number of benzene rings is 2. The van der Waals surface area contributed by atoms with E-state index in [0.29, 0.717) is 29.6 Å². The summed E-state index contributed by atoms with van der Waals surface area (Å²) < 4.78 is 22.2. The summed E-state index contributed by atoms with van der Waals surface area (Å²) in [6.07, 6.45) is 0. The standard InChI is InChI=1S/C22H18N4O4/c1-2-27-14-5-3-4-13(8-14)20-19-18(12-6-7-16-17(9-12)29-11-28-16)15(10-23)21(24)30-22(19)26-25-20/h3-9,18H,2,11,24H2,1H3,(H,25,26). The molecule has 1 atom stereocenters. The number of hydrogen-bond donors (Lipinski definition) is 2. The van der Waals surface area contributed by atoms with Gasteiger partial charge in [0.1, 0.15) is 17.4 Å². The molecule has 0 amide bonds. The Kier molecular flexibility index (Phi) is 4.21. The van der Waals surface area contributed by atoms with Crippen LogP contribution in [0.1, 0.15) is 24.0 Å². The van der Waals surface area contributed by atoms with Crippen molar-refractivity contribution in [1.29, 1.82) is 5.26 Å². The molecule has 8 heteroatoms. The van der Waals surface area contributed by atoms with E-state index < -0.39 is 5.92 Å². The molecule has 1 aromatic heterocycles. The van der Waals surface area contributed by atoms with Crippen molar-refractivity contribution in [2.45, 2.75) is 12.8 Å². The number of nitrogens with one attached hydrogen (secondary N) is 1. The Labute approximate surface area is 172 Å². The summed E-state index contributed by atoms with van der Waals surface area (Å²) in [6, 6.07) is 15.4. The number of ether oxygens (including phenoxy) is 4. The minimum Gasteiger partial charge on any atom is -0.494 e. The molecule has 0 saturated carbocycles. The number of aromatic nitrogens is 2. The van der Waals surface area contributed by atoms with E-state index in [9.17, 15) is 5.26 Å². The summed E-state index contributed by atoms with van der Waals surface area (Å²) in [5.41, 5.74) is 9.52. The minimum absolute atomic E-state index is 0.0359. The highest BCUT2D eigenvalue weighted by molar-refractivity contribution is 5.72. The number of nitrogens with two attached hydrogens (primary N) is 1. The number of hydrogen-bond acceptors (Lipinski definition) is 7. The van der Waals surface area contributed by atoms with Gasteiger partial charge in [-0.2, -0.15) is 5.26 Å². The largest absolute Gasteiger partial charge is 0.494 e. The average molecular weight is 402 g/mol. The van der Waals surface area contributed by atoms with E-state index in [1.54, 1.807) is 0 Å². The topological polar surface area (TPSA) is 115 Å². The van der Waals surface area contributed by atoms with E-state index in [1.165, 1.54) is 0 Å². The lowest BCUT2D eigenvalue weighted by molar-refractivity contribution is 0.174. The molecule has 3 N–H and O–H groups in total. The van der Waals surface area contributed by atoms with Gasteiger partial charge < -0.3 is 24.7 Å². The Bertz CT molecular complexity index is 1210. The summed E-state index contributed by atoms with van der Waals surface area (Å²) in [5.74, 6) is 1.93. The lowest BCUT2D eigenvalue weighted by Crippen LogP contribution is -2.21. The van der Waals surface area contributed by atoms with Crippen molar-refractivity contribution < 1.29 is 18.9 Å². The van der Waals surface area contributed by atoms with Gasteiger partial charge in [0.2, 0.25) is 18.6 Å². The normalized spacial score (nSPS) is 16.6. The van der Waals surface area contributed by atoms with E-state index in [0.717, 1.165) is 28.1 Å². The van der Waals surface area contributed by atoms with Crippen LogP contribution in [0.25, 0.3) is 11.3 Å². The predicted octanol–water partition coefficient (Wildman–Crippen LogP) is 3.42. The van der Waals surface area contributed by atoms with E-state index in [2.05, 4.69) is 16.3 Å². The zero-order valence-corrected chi connectivity index (χ0v) is 16.1. The molecule has 150 valence electrons. The first kappa shape index (κ1) is 17.9. The number of allylic oxidation sites excluding steroid dienone is 1. The highest BCUT2D eigenvalue weighted by Gasteiger charge is 2.36. The third kappa shape index (κ3) is 2.79. The first-order chi connectivity index (χ1) is 14.7. The Balaban J connectivity index is 1.68. The van der Waals surface area contributed by atoms with Gasteiger partial charge in [-0.05, 0) is 36.8 Å². The molecule has 0 fully saturated rings. The molecule has 2 aliphatic heterocycles. The third-order valence-electron chi connectivity index (χ3n) is 5.10. The van der Waals surface area contributed by atoms with Gasteiger partial charge in [-0.3, -0.25) is 5.10 Å². The Morgan fingerprint density at radius 1 is 1.23 bits per heavy atom. The number of nitrogens with zero attached hydrogens (tertiary/aromatic N) is 2. The molecule has 2 aromatic carbocycles. The second kappa shape index (κ2) is 7.04. The van der Waals surface area contributed by atoms with Crippen molar-refractivity contribution in [1.82, 2.24) is 10.2 Å². The molecular formula is C22H18N4O4. The van der Waals surface area contributed by atoms with Gasteiger partial charge in [-0.15, -0.1) is 5.10 Å². The number of nitriles is 1. The predicted molar refractivity (Wildman–Crippen MR) is 107 cm³/mol. The third-order valence-corrected chi connectivity index (χ3v) is 5.10. The zero-order chi connectivity index (χ0) is 20.7. The quantitative estimate of drug-likeness (QED) is 0.687. The molecule has 2 aliphatic rings. The molecule has 0 spiro atoms. The van der Waals surface area contributed by atoms with Gasteiger partial charge in [0.15, 0.2) is 11.5 Å². The van der Waals surface area contributed by atoms with Crippen LogP contribution >= 0.6 is 0 Å². The summed E-state index contributed by atoms with van der Waals surface area (Å²) in [4.78, 5) is 0. The van der Waals surface area contributed by atoms with E-state index in [1.807, 2.05) is 49.4 Å². The van der Waals surface area contributed by atoms with E-state index in [4.69, 9.17) is 24.7 Å². The SMILES string of the molecule is CCOc1cccc(-c2[nH]nc3c2C(c2ccc4c(c2)OCO4)C(C#N)=C(N)O3)c1. The molecular weight excluding hydrogens is 384 g/mol. The molecule has 3 aromatic rings. The van der Waals surface area contributed by atoms with Gasteiger partial charge in [0, 0.05) is 5.56 Å². The van der Waals surface area contributed by atoms with Crippen molar-refractivity contribution in [3.8, 4) is 40.5 Å². The second-order valence-electron chi connectivity index (χ2n) is 6.82. The van der Waals surface area contributed by atoms with Crippen molar-refractivity contribution in [3.05, 3.63) is 65.0 Å². The zero-order valence-electron chi connectivity index (χ0n) is 16.1. The van der Waals surface area contributed by atoms with Crippen molar-refractivity contribution in [2.75, 3.05) is 13.4 Å². The number of fused-ring (bicyclic) bond motifs is 2. The first-order valence-corrected chi connectivity index (χ1v) is 9.48. The van der Waals surface area contributed by atoms with Crippen molar-refractivity contribution in [3.63, 3.8) is 0 Å². The first-order valence-electron chi connectivity index (χ1n) is 9.48. The van der Waals surface area contributed by atoms with Crippen LogP contribution in [0.5, 0.6) is 23.1 Å². The average Bonchev–Trinajstić information content (AvgIpc) is 3.39. The Morgan fingerprint density at radius 3 is 2.93 bits per heavy atom. The van der Waals surface area contributed by atoms with Gasteiger partial charge >= 0.3 is 0 Å². The maximum atomic E-state index is 9.85. The van der Waals surface area contributed by atoms with Crippen LogP contribution < -0.4 is 24.7 Å². The monoisotopic (exact) mass is 402 g/mol. The minimum atomic E-state index is -0.474. The van der Waals surface area contributed by atoms with Gasteiger partial charge in [-0.1, -0.05) is 18.2 Å². The van der Waals surface area contributed by atoms with Crippen LogP contribution in [0.2, 0.25) is 0 Å². The van der Waals surface area contributed by atoms with Crippen LogP contribution in [0.15, 0.2) is 53.9 Å². The molecule has 0 saturated heterocycles. The van der Waals surface area contributed by atoms with E-state index >= 15 is 0 Å².